The van der Waals surface area contributed by atoms with Crippen molar-refractivity contribution < 1.29 is 0 Å². The molecule has 0 radical (unpaired) electrons. The smallest absolute Gasteiger partial charge is 0.125 e. The monoisotopic (exact) mass is 260 g/mol. The standard InChI is InChI=1S/C15H24N4/c1-15(2)7-4-11(5-8-15)19(3)13-10-18-9-6-12(13)14(16)17/h6,9-11H,4-5,7-8H2,1-3H3,(H3,16,17). The molecule has 2 rings (SSSR count). The van der Waals surface area contributed by atoms with E-state index in [9.17, 15) is 0 Å². The van der Waals surface area contributed by atoms with Gasteiger partial charge in [0.2, 0.25) is 0 Å². The Balaban J connectivity index is 2.17. The van der Waals surface area contributed by atoms with Gasteiger partial charge in [-0.2, -0.15) is 0 Å². The number of nitrogens with two attached hydrogens (primary N) is 1. The van der Waals surface area contributed by atoms with Crippen LogP contribution in [0.5, 0.6) is 0 Å². The van der Waals surface area contributed by atoms with Crippen LogP contribution in [0.3, 0.4) is 0 Å². The van der Waals surface area contributed by atoms with E-state index in [1.165, 1.54) is 25.7 Å². The molecule has 0 spiro atoms. The third-order valence-corrected chi connectivity index (χ3v) is 4.33. The molecule has 3 N–H and O–H groups in total. The Morgan fingerprint density at radius 1 is 1.42 bits per heavy atom. The Morgan fingerprint density at radius 3 is 2.63 bits per heavy atom. The third kappa shape index (κ3) is 3.06. The summed E-state index contributed by atoms with van der Waals surface area (Å²) in [7, 11) is 2.09. The minimum atomic E-state index is 0.111. The lowest BCUT2D eigenvalue weighted by atomic mass is 9.75. The van der Waals surface area contributed by atoms with E-state index in [2.05, 4.69) is 30.8 Å². The average Bonchev–Trinajstić information content (AvgIpc) is 2.38. The largest absolute Gasteiger partial charge is 0.384 e. The minimum absolute atomic E-state index is 0.111. The molecule has 1 aliphatic rings. The minimum Gasteiger partial charge on any atom is -0.384 e. The maximum atomic E-state index is 7.67. The predicted octanol–water partition coefficient (Wildman–Crippen LogP) is 2.77. The number of nitrogen functional groups attached to an aromatic ring is 1. The molecule has 19 heavy (non-hydrogen) atoms. The molecule has 0 aliphatic heterocycles. The predicted molar refractivity (Wildman–Crippen MR) is 79.7 cm³/mol. The number of pyridine rings is 1. The lowest BCUT2D eigenvalue weighted by Gasteiger charge is -2.39. The lowest BCUT2D eigenvalue weighted by molar-refractivity contribution is 0.222. The van der Waals surface area contributed by atoms with Gasteiger partial charge in [0.25, 0.3) is 0 Å². The van der Waals surface area contributed by atoms with Gasteiger partial charge in [0.15, 0.2) is 0 Å². The molecule has 0 saturated heterocycles. The number of amidine groups is 1. The third-order valence-electron chi connectivity index (χ3n) is 4.33. The van der Waals surface area contributed by atoms with Gasteiger partial charge in [-0.1, -0.05) is 13.8 Å². The maximum absolute atomic E-state index is 7.67. The number of nitrogens with zero attached hydrogens (tertiary/aromatic N) is 2. The van der Waals surface area contributed by atoms with Crippen molar-refractivity contribution in [2.45, 2.75) is 45.6 Å². The zero-order valence-electron chi connectivity index (χ0n) is 12.1. The second kappa shape index (κ2) is 5.19. The van der Waals surface area contributed by atoms with E-state index < -0.39 is 0 Å². The summed E-state index contributed by atoms with van der Waals surface area (Å²) in [4.78, 5) is 6.43. The molecule has 1 heterocycles. The van der Waals surface area contributed by atoms with Crippen LogP contribution in [0.2, 0.25) is 0 Å². The van der Waals surface area contributed by atoms with Crippen molar-refractivity contribution in [2.24, 2.45) is 11.1 Å². The Labute approximate surface area is 115 Å². The number of aromatic nitrogens is 1. The van der Waals surface area contributed by atoms with Gasteiger partial charge in [-0.25, -0.2) is 0 Å². The summed E-state index contributed by atoms with van der Waals surface area (Å²) in [6.45, 7) is 4.68. The Bertz CT molecular complexity index is 457. The van der Waals surface area contributed by atoms with Gasteiger partial charge < -0.3 is 10.6 Å². The Morgan fingerprint density at radius 2 is 2.05 bits per heavy atom. The van der Waals surface area contributed by atoms with Crippen LogP contribution in [0.1, 0.15) is 45.1 Å². The summed E-state index contributed by atoms with van der Waals surface area (Å²) < 4.78 is 0. The van der Waals surface area contributed by atoms with E-state index in [0.717, 1.165) is 11.3 Å². The second-order valence-electron chi connectivity index (χ2n) is 6.31. The molecule has 104 valence electrons. The average molecular weight is 260 g/mol. The molecule has 0 aromatic carbocycles. The van der Waals surface area contributed by atoms with Crippen LogP contribution in [-0.2, 0) is 0 Å². The molecular weight excluding hydrogens is 236 g/mol. The molecular formula is C15H24N4. The van der Waals surface area contributed by atoms with Gasteiger partial charge in [-0.15, -0.1) is 0 Å². The SMILES string of the molecule is CN(c1cnccc1C(=N)N)C1CCC(C)(C)CC1. The van der Waals surface area contributed by atoms with Crippen molar-refractivity contribution in [3.63, 3.8) is 0 Å². The van der Waals surface area contributed by atoms with Crippen LogP contribution in [-0.4, -0.2) is 23.9 Å². The van der Waals surface area contributed by atoms with Gasteiger partial charge in [-0.05, 0) is 37.2 Å². The van der Waals surface area contributed by atoms with E-state index in [0.29, 0.717) is 11.5 Å². The maximum Gasteiger partial charge on any atom is 0.125 e. The number of rotatable bonds is 3. The zero-order valence-corrected chi connectivity index (χ0v) is 12.1. The van der Waals surface area contributed by atoms with Crippen molar-refractivity contribution in [3.05, 3.63) is 24.0 Å². The van der Waals surface area contributed by atoms with Gasteiger partial charge in [0.05, 0.1) is 11.9 Å². The molecule has 1 aromatic rings. The topological polar surface area (TPSA) is 66.0 Å². The summed E-state index contributed by atoms with van der Waals surface area (Å²) in [5.74, 6) is 0.111. The van der Waals surface area contributed by atoms with E-state index in [1.54, 1.807) is 6.20 Å². The summed E-state index contributed by atoms with van der Waals surface area (Å²) in [6, 6.07) is 2.34. The summed E-state index contributed by atoms with van der Waals surface area (Å²) in [6.07, 6.45) is 8.38. The lowest BCUT2D eigenvalue weighted by Crippen LogP contribution is -2.38. The first-order valence-electron chi connectivity index (χ1n) is 6.92. The van der Waals surface area contributed by atoms with E-state index in [1.807, 2.05) is 12.3 Å². The van der Waals surface area contributed by atoms with Crippen LogP contribution < -0.4 is 10.6 Å². The van der Waals surface area contributed by atoms with Crippen molar-refractivity contribution >= 4 is 11.5 Å². The fourth-order valence-corrected chi connectivity index (χ4v) is 2.86. The zero-order chi connectivity index (χ0) is 14.0. The second-order valence-corrected chi connectivity index (χ2v) is 6.31. The molecule has 1 saturated carbocycles. The Kier molecular flexibility index (Phi) is 3.78. The van der Waals surface area contributed by atoms with Crippen LogP contribution in [0.15, 0.2) is 18.5 Å². The van der Waals surface area contributed by atoms with Gasteiger partial charge >= 0.3 is 0 Å². The van der Waals surface area contributed by atoms with Gasteiger partial charge in [-0.3, -0.25) is 10.4 Å². The molecule has 1 aliphatic carbocycles. The highest BCUT2D eigenvalue weighted by atomic mass is 15.1. The molecule has 1 fully saturated rings. The molecule has 4 heteroatoms. The molecule has 0 unspecified atom stereocenters. The first kappa shape index (κ1) is 13.8. The van der Waals surface area contributed by atoms with Gasteiger partial charge in [0, 0.05) is 24.8 Å². The number of hydrogen-bond donors (Lipinski definition) is 2. The molecule has 1 aromatic heterocycles. The Hall–Kier alpha value is -1.58. The summed E-state index contributed by atoms with van der Waals surface area (Å²) in [5.41, 5.74) is 7.87. The number of hydrogen-bond acceptors (Lipinski definition) is 3. The van der Waals surface area contributed by atoms with Crippen LogP contribution in [0, 0.1) is 10.8 Å². The highest BCUT2D eigenvalue weighted by molar-refractivity contribution is 6.00. The fourth-order valence-electron chi connectivity index (χ4n) is 2.86. The molecule has 0 bridgehead atoms. The summed E-state index contributed by atoms with van der Waals surface area (Å²) in [5, 5.41) is 7.67. The molecule has 0 amide bonds. The molecule has 0 atom stereocenters. The first-order chi connectivity index (χ1) is 8.91. The van der Waals surface area contributed by atoms with E-state index >= 15 is 0 Å². The number of anilines is 1. The first-order valence-corrected chi connectivity index (χ1v) is 6.92. The van der Waals surface area contributed by atoms with E-state index in [-0.39, 0.29) is 5.84 Å². The summed E-state index contributed by atoms with van der Waals surface area (Å²) >= 11 is 0. The van der Waals surface area contributed by atoms with Crippen molar-refractivity contribution in [3.8, 4) is 0 Å². The van der Waals surface area contributed by atoms with Crippen LogP contribution in [0.25, 0.3) is 0 Å². The van der Waals surface area contributed by atoms with Crippen LogP contribution >= 0.6 is 0 Å². The quantitative estimate of drug-likeness (QED) is 0.648. The van der Waals surface area contributed by atoms with Crippen molar-refractivity contribution in [1.29, 1.82) is 5.41 Å². The molecule has 4 nitrogen and oxygen atoms in total. The fraction of sp³-hybridized carbons (Fsp3) is 0.600. The highest BCUT2D eigenvalue weighted by Gasteiger charge is 2.29. The van der Waals surface area contributed by atoms with Crippen LogP contribution in [0.4, 0.5) is 5.69 Å². The van der Waals surface area contributed by atoms with Crippen molar-refractivity contribution in [2.75, 3.05) is 11.9 Å². The van der Waals surface area contributed by atoms with E-state index in [4.69, 9.17) is 11.1 Å². The normalized spacial score (nSPS) is 19.1. The van der Waals surface area contributed by atoms with Crippen molar-refractivity contribution in [1.82, 2.24) is 4.98 Å². The highest BCUT2D eigenvalue weighted by Crippen LogP contribution is 2.38. The van der Waals surface area contributed by atoms with Gasteiger partial charge in [0.1, 0.15) is 5.84 Å². The number of nitrogens with one attached hydrogen (secondary N) is 1.